The van der Waals surface area contributed by atoms with Crippen molar-refractivity contribution in [1.29, 1.82) is 0 Å². The minimum Gasteiger partial charge on any atom is -0.348 e. The van der Waals surface area contributed by atoms with E-state index in [2.05, 4.69) is 60.6 Å². The fourth-order valence-corrected chi connectivity index (χ4v) is 3.29. The molecule has 3 rings (SSSR count). The van der Waals surface area contributed by atoms with Gasteiger partial charge in [-0.1, -0.05) is 18.2 Å². The Morgan fingerprint density at radius 2 is 2.00 bits per heavy atom. The normalized spacial score (nSPS) is 27.3. The van der Waals surface area contributed by atoms with Gasteiger partial charge in [-0.25, -0.2) is 5.43 Å². The molecule has 0 saturated carbocycles. The maximum absolute atomic E-state index is 5.97. The molecule has 3 atom stereocenters. The van der Waals surface area contributed by atoms with E-state index in [-0.39, 0.29) is 6.04 Å². The number of aromatic nitrogens is 1. The third-order valence-corrected chi connectivity index (χ3v) is 4.57. The predicted octanol–water partition coefficient (Wildman–Crippen LogP) is 1.60. The number of nitrogens with zero attached hydrogens (tertiary/aromatic N) is 1. The van der Waals surface area contributed by atoms with E-state index in [0.29, 0.717) is 18.5 Å². The van der Waals surface area contributed by atoms with Crippen LogP contribution in [0.15, 0.2) is 24.3 Å². The zero-order valence-electron chi connectivity index (χ0n) is 11.8. The zero-order chi connectivity index (χ0) is 13.6. The third-order valence-electron chi connectivity index (χ3n) is 4.57. The van der Waals surface area contributed by atoms with Gasteiger partial charge in [0.25, 0.3) is 0 Å². The molecule has 0 radical (unpaired) electrons. The number of hydrazine groups is 1. The standard InChI is InChI=1S/C15H22N4/c1-9-12(8-16)15(18-17-9)14-10(2)19(3)13-7-5-4-6-11(13)14/h4-7,9,12,15,17-18H,8,16H2,1-3H3. The molecule has 2 aromatic rings. The van der Waals surface area contributed by atoms with Crippen molar-refractivity contribution < 1.29 is 0 Å². The van der Waals surface area contributed by atoms with Crippen LogP contribution in [-0.2, 0) is 7.05 Å². The van der Waals surface area contributed by atoms with Gasteiger partial charge in [0.15, 0.2) is 0 Å². The number of nitrogens with two attached hydrogens (primary N) is 1. The maximum atomic E-state index is 5.97. The van der Waals surface area contributed by atoms with Gasteiger partial charge in [0.2, 0.25) is 0 Å². The molecule has 1 aliphatic heterocycles. The molecule has 1 saturated heterocycles. The van der Waals surface area contributed by atoms with Gasteiger partial charge in [0.05, 0.1) is 6.04 Å². The van der Waals surface area contributed by atoms with Gasteiger partial charge in [0.1, 0.15) is 0 Å². The Labute approximate surface area is 113 Å². The first-order chi connectivity index (χ1) is 9.15. The summed E-state index contributed by atoms with van der Waals surface area (Å²) in [7, 11) is 2.13. The first-order valence-electron chi connectivity index (χ1n) is 6.90. The second kappa shape index (κ2) is 4.63. The Morgan fingerprint density at radius 3 is 2.74 bits per heavy atom. The Balaban J connectivity index is 2.17. The minimum absolute atomic E-state index is 0.283. The summed E-state index contributed by atoms with van der Waals surface area (Å²) in [6.45, 7) is 5.06. The molecule has 3 unspecified atom stereocenters. The number of nitrogens with one attached hydrogen (secondary N) is 2. The van der Waals surface area contributed by atoms with Gasteiger partial charge in [-0.2, -0.15) is 0 Å². The van der Waals surface area contributed by atoms with Crippen LogP contribution >= 0.6 is 0 Å². The van der Waals surface area contributed by atoms with Crippen LogP contribution in [0.2, 0.25) is 0 Å². The van der Waals surface area contributed by atoms with Crippen LogP contribution < -0.4 is 16.6 Å². The van der Waals surface area contributed by atoms with Crippen LogP contribution in [0.5, 0.6) is 0 Å². The molecule has 4 N–H and O–H groups in total. The molecule has 1 fully saturated rings. The number of aryl methyl sites for hydroxylation is 1. The summed E-state index contributed by atoms with van der Waals surface area (Å²) in [5.74, 6) is 0.421. The summed E-state index contributed by atoms with van der Waals surface area (Å²) >= 11 is 0. The highest BCUT2D eigenvalue weighted by molar-refractivity contribution is 5.86. The molecule has 1 aromatic heterocycles. The molecule has 2 heterocycles. The van der Waals surface area contributed by atoms with Crippen LogP contribution in [0.3, 0.4) is 0 Å². The van der Waals surface area contributed by atoms with E-state index < -0.39 is 0 Å². The van der Waals surface area contributed by atoms with E-state index in [1.54, 1.807) is 0 Å². The molecular formula is C15H22N4. The molecule has 0 amide bonds. The van der Waals surface area contributed by atoms with Crippen molar-refractivity contribution >= 4 is 10.9 Å². The second-order valence-electron chi connectivity index (χ2n) is 5.53. The fourth-order valence-electron chi connectivity index (χ4n) is 3.29. The maximum Gasteiger partial charge on any atom is 0.0541 e. The number of hydrogen-bond donors (Lipinski definition) is 3. The first kappa shape index (κ1) is 12.7. The third kappa shape index (κ3) is 1.79. The van der Waals surface area contributed by atoms with Crippen LogP contribution in [0.25, 0.3) is 10.9 Å². The van der Waals surface area contributed by atoms with E-state index in [0.717, 1.165) is 0 Å². The van der Waals surface area contributed by atoms with Gasteiger partial charge in [0, 0.05) is 35.6 Å². The summed E-state index contributed by atoms with van der Waals surface area (Å²) in [6, 6.07) is 9.26. The molecule has 102 valence electrons. The summed E-state index contributed by atoms with van der Waals surface area (Å²) in [4.78, 5) is 0. The SMILES string of the molecule is Cc1c(C2NNC(C)C2CN)c2ccccc2n1C. The molecular weight excluding hydrogens is 236 g/mol. The van der Waals surface area contributed by atoms with E-state index in [1.165, 1.54) is 22.2 Å². The monoisotopic (exact) mass is 258 g/mol. The van der Waals surface area contributed by atoms with Crippen LogP contribution in [0, 0.1) is 12.8 Å². The number of hydrogen-bond acceptors (Lipinski definition) is 3. The topological polar surface area (TPSA) is 55.0 Å². The lowest BCUT2D eigenvalue weighted by Crippen LogP contribution is -2.30. The van der Waals surface area contributed by atoms with Crippen molar-refractivity contribution in [1.82, 2.24) is 15.4 Å². The van der Waals surface area contributed by atoms with Gasteiger partial charge < -0.3 is 10.3 Å². The smallest absolute Gasteiger partial charge is 0.0541 e. The predicted molar refractivity (Wildman–Crippen MR) is 78.7 cm³/mol. The van der Waals surface area contributed by atoms with E-state index in [1.807, 2.05) is 0 Å². The quantitative estimate of drug-likeness (QED) is 0.767. The lowest BCUT2D eigenvalue weighted by atomic mass is 9.89. The molecule has 0 aliphatic carbocycles. The van der Waals surface area contributed by atoms with Crippen molar-refractivity contribution in [2.24, 2.45) is 18.7 Å². The molecule has 0 spiro atoms. The molecule has 4 heteroatoms. The zero-order valence-corrected chi connectivity index (χ0v) is 11.8. The molecule has 4 nitrogen and oxygen atoms in total. The lowest BCUT2D eigenvalue weighted by Gasteiger charge is -2.20. The fraction of sp³-hybridized carbons (Fsp3) is 0.467. The second-order valence-corrected chi connectivity index (χ2v) is 5.53. The molecule has 19 heavy (non-hydrogen) atoms. The molecule has 1 aliphatic rings. The van der Waals surface area contributed by atoms with Crippen molar-refractivity contribution in [3.05, 3.63) is 35.5 Å². The molecule has 1 aromatic carbocycles. The van der Waals surface area contributed by atoms with Crippen molar-refractivity contribution in [3.8, 4) is 0 Å². The Hall–Kier alpha value is -1.36. The summed E-state index contributed by atoms with van der Waals surface area (Å²) in [5.41, 5.74) is 16.7. The summed E-state index contributed by atoms with van der Waals surface area (Å²) in [5, 5.41) is 1.33. The van der Waals surface area contributed by atoms with Crippen LogP contribution in [0.4, 0.5) is 0 Å². The number of rotatable bonds is 2. The first-order valence-corrected chi connectivity index (χ1v) is 6.90. The number of fused-ring (bicyclic) bond motifs is 1. The minimum atomic E-state index is 0.283. The molecule has 0 bridgehead atoms. The summed E-state index contributed by atoms with van der Waals surface area (Å²) in [6.07, 6.45) is 0. The Kier molecular flexibility index (Phi) is 3.09. The summed E-state index contributed by atoms with van der Waals surface area (Å²) < 4.78 is 2.27. The van der Waals surface area contributed by atoms with Crippen molar-refractivity contribution in [2.45, 2.75) is 25.9 Å². The van der Waals surface area contributed by atoms with Gasteiger partial charge in [-0.3, -0.25) is 5.43 Å². The lowest BCUT2D eigenvalue weighted by molar-refractivity contribution is 0.444. The highest BCUT2D eigenvalue weighted by atomic mass is 15.4. The highest BCUT2D eigenvalue weighted by Crippen LogP contribution is 2.36. The van der Waals surface area contributed by atoms with Crippen LogP contribution in [-0.4, -0.2) is 17.2 Å². The van der Waals surface area contributed by atoms with Crippen molar-refractivity contribution in [3.63, 3.8) is 0 Å². The number of para-hydroxylation sites is 1. The van der Waals surface area contributed by atoms with Gasteiger partial charge in [-0.05, 0) is 32.0 Å². The Bertz CT molecular complexity index is 601. The van der Waals surface area contributed by atoms with Gasteiger partial charge >= 0.3 is 0 Å². The van der Waals surface area contributed by atoms with Crippen molar-refractivity contribution in [2.75, 3.05) is 6.54 Å². The Morgan fingerprint density at radius 1 is 1.26 bits per heavy atom. The highest BCUT2D eigenvalue weighted by Gasteiger charge is 2.35. The number of benzene rings is 1. The van der Waals surface area contributed by atoms with Gasteiger partial charge in [-0.15, -0.1) is 0 Å². The van der Waals surface area contributed by atoms with E-state index in [9.17, 15) is 0 Å². The van der Waals surface area contributed by atoms with Crippen LogP contribution in [0.1, 0.15) is 24.2 Å². The average Bonchev–Trinajstić information content (AvgIpc) is 2.90. The average molecular weight is 258 g/mol. The van der Waals surface area contributed by atoms with E-state index >= 15 is 0 Å². The largest absolute Gasteiger partial charge is 0.348 e. The van der Waals surface area contributed by atoms with E-state index in [4.69, 9.17) is 5.73 Å².